The molecule has 0 unspecified atom stereocenters. The summed E-state index contributed by atoms with van der Waals surface area (Å²) in [5.41, 5.74) is 2.88. The Morgan fingerprint density at radius 1 is 1.29 bits per heavy atom. The standard InChI is InChI=1S/C11H16N2.CH4/c1-11(2,3)13-7-9-5-4-6-12-10(9)8-13;/h4-6H,7-8H2,1-3H3;1H4. The van der Waals surface area contributed by atoms with Gasteiger partial charge in [-0.15, -0.1) is 0 Å². The SMILES string of the molecule is C.CC(C)(C)N1Cc2cccnc2C1. The smallest absolute Gasteiger partial charge is 0.0589 e. The Morgan fingerprint density at radius 3 is 2.57 bits per heavy atom. The summed E-state index contributed by atoms with van der Waals surface area (Å²) in [6.07, 6.45) is 1.88. The number of nitrogens with zero attached hydrogens (tertiary/aromatic N) is 2. The number of aromatic nitrogens is 1. The van der Waals surface area contributed by atoms with E-state index in [0.29, 0.717) is 0 Å². The predicted octanol–water partition coefficient (Wildman–Crippen LogP) is 2.83. The van der Waals surface area contributed by atoms with Crippen molar-refractivity contribution >= 4 is 0 Å². The minimum absolute atomic E-state index is 0. The van der Waals surface area contributed by atoms with Gasteiger partial charge in [0, 0.05) is 24.8 Å². The number of fused-ring (bicyclic) bond motifs is 1. The van der Waals surface area contributed by atoms with Crippen molar-refractivity contribution < 1.29 is 0 Å². The second-order valence-corrected chi connectivity index (χ2v) is 4.64. The Kier molecular flexibility index (Phi) is 2.95. The van der Waals surface area contributed by atoms with Gasteiger partial charge in [-0.3, -0.25) is 9.88 Å². The van der Waals surface area contributed by atoms with Crippen LogP contribution in [0.4, 0.5) is 0 Å². The molecule has 14 heavy (non-hydrogen) atoms. The molecule has 2 nitrogen and oxygen atoms in total. The van der Waals surface area contributed by atoms with E-state index < -0.39 is 0 Å². The summed E-state index contributed by atoms with van der Waals surface area (Å²) in [4.78, 5) is 6.83. The van der Waals surface area contributed by atoms with Gasteiger partial charge in [0.25, 0.3) is 0 Å². The molecule has 0 aromatic carbocycles. The van der Waals surface area contributed by atoms with Gasteiger partial charge in [0.2, 0.25) is 0 Å². The van der Waals surface area contributed by atoms with Gasteiger partial charge < -0.3 is 0 Å². The number of hydrogen-bond donors (Lipinski definition) is 0. The van der Waals surface area contributed by atoms with Crippen molar-refractivity contribution in [1.29, 1.82) is 0 Å². The molecule has 1 aromatic rings. The van der Waals surface area contributed by atoms with E-state index >= 15 is 0 Å². The highest BCUT2D eigenvalue weighted by atomic mass is 15.2. The van der Waals surface area contributed by atoms with Crippen LogP contribution in [-0.2, 0) is 13.1 Å². The van der Waals surface area contributed by atoms with Crippen molar-refractivity contribution in [3.8, 4) is 0 Å². The number of rotatable bonds is 0. The summed E-state index contributed by atoms with van der Waals surface area (Å²) >= 11 is 0. The first kappa shape index (κ1) is 11.2. The van der Waals surface area contributed by atoms with Gasteiger partial charge in [0.15, 0.2) is 0 Å². The molecule has 2 rings (SSSR count). The predicted molar refractivity (Wildman–Crippen MR) is 60.0 cm³/mol. The van der Waals surface area contributed by atoms with Crippen molar-refractivity contribution in [3.63, 3.8) is 0 Å². The molecule has 0 atom stereocenters. The molecular formula is C12H20N2. The Labute approximate surface area is 87.0 Å². The minimum Gasteiger partial charge on any atom is -0.288 e. The van der Waals surface area contributed by atoms with Crippen LogP contribution < -0.4 is 0 Å². The molecule has 0 amide bonds. The van der Waals surface area contributed by atoms with Crippen molar-refractivity contribution in [2.45, 2.75) is 46.8 Å². The molecule has 1 aliphatic rings. The zero-order chi connectivity index (χ0) is 9.47. The maximum atomic E-state index is 4.38. The molecule has 0 N–H and O–H groups in total. The fourth-order valence-corrected chi connectivity index (χ4v) is 1.67. The van der Waals surface area contributed by atoms with Gasteiger partial charge in [0.1, 0.15) is 0 Å². The Balaban J connectivity index is 0.000000980. The van der Waals surface area contributed by atoms with Crippen molar-refractivity contribution in [1.82, 2.24) is 9.88 Å². The van der Waals surface area contributed by atoms with Gasteiger partial charge in [0.05, 0.1) is 5.69 Å². The molecule has 0 saturated heterocycles. The average Bonchev–Trinajstić information content (AvgIpc) is 2.45. The Bertz CT molecular complexity index is 287. The molecule has 78 valence electrons. The van der Waals surface area contributed by atoms with E-state index in [1.165, 1.54) is 11.3 Å². The first-order chi connectivity index (χ1) is 6.07. The van der Waals surface area contributed by atoms with E-state index in [-0.39, 0.29) is 13.0 Å². The summed E-state index contributed by atoms with van der Waals surface area (Å²) < 4.78 is 0. The van der Waals surface area contributed by atoms with Crippen LogP contribution in [0.25, 0.3) is 0 Å². The van der Waals surface area contributed by atoms with Crippen LogP contribution in [0.15, 0.2) is 18.3 Å². The number of hydrogen-bond acceptors (Lipinski definition) is 2. The fourth-order valence-electron chi connectivity index (χ4n) is 1.67. The van der Waals surface area contributed by atoms with Gasteiger partial charge >= 0.3 is 0 Å². The molecule has 0 saturated carbocycles. The van der Waals surface area contributed by atoms with E-state index in [1.54, 1.807) is 0 Å². The highest BCUT2D eigenvalue weighted by Crippen LogP contribution is 2.27. The molecule has 0 spiro atoms. The third-order valence-corrected chi connectivity index (χ3v) is 2.64. The minimum atomic E-state index is 0. The molecule has 1 aliphatic heterocycles. The van der Waals surface area contributed by atoms with Crippen molar-refractivity contribution in [2.24, 2.45) is 0 Å². The van der Waals surface area contributed by atoms with Crippen molar-refractivity contribution in [3.05, 3.63) is 29.6 Å². The van der Waals surface area contributed by atoms with Gasteiger partial charge in [-0.2, -0.15) is 0 Å². The second kappa shape index (κ2) is 3.70. The van der Waals surface area contributed by atoms with Crippen LogP contribution in [0.2, 0.25) is 0 Å². The summed E-state index contributed by atoms with van der Waals surface area (Å²) in [7, 11) is 0. The molecule has 2 heterocycles. The summed E-state index contributed by atoms with van der Waals surface area (Å²) in [5.74, 6) is 0. The molecule has 1 aromatic heterocycles. The van der Waals surface area contributed by atoms with E-state index in [9.17, 15) is 0 Å². The van der Waals surface area contributed by atoms with E-state index in [4.69, 9.17) is 0 Å². The maximum absolute atomic E-state index is 4.38. The lowest BCUT2D eigenvalue weighted by Gasteiger charge is -2.30. The first-order valence-corrected chi connectivity index (χ1v) is 4.75. The van der Waals surface area contributed by atoms with E-state index in [1.807, 2.05) is 12.3 Å². The van der Waals surface area contributed by atoms with Gasteiger partial charge in [-0.1, -0.05) is 13.5 Å². The van der Waals surface area contributed by atoms with E-state index in [2.05, 4.69) is 36.7 Å². The third kappa shape index (κ3) is 1.95. The molecule has 0 bridgehead atoms. The van der Waals surface area contributed by atoms with Crippen LogP contribution in [0.1, 0.15) is 39.5 Å². The van der Waals surface area contributed by atoms with Crippen LogP contribution in [-0.4, -0.2) is 15.4 Å². The fraction of sp³-hybridized carbons (Fsp3) is 0.583. The average molecular weight is 192 g/mol. The lowest BCUT2D eigenvalue weighted by atomic mass is 10.1. The highest BCUT2D eigenvalue weighted by molar-refractivity contribution is 5.24. The zero-order valence-electron chi connectivity index (χ0n) is 8.54. The van der Waals surface area contributed by atoms with Gasteiger partial charge in [-0.25, -0.2) is 0 Å². The van der Waals surface area contributed by atoms with Gasteiger partial charge in [-0.05, 0) is 32.4 Å². The topological polar surface area (TPSA) is 16.1 Å². The summed E-state index contributed by atoms with van der Waals surface area (Å²) in [5, 5.41) is 0. The van der Waals surface area contributed by atoms with Crippen molar-refractivity contribution in [2.75, 3.05) is 0 Å². The maximum Gasteiger partial charge on any atom is 0.0589 e. The summed E-state index contributed by atoms with van der Waals surface area (Å²) in [6.45, 7) is 8.79. The molecule has 0 radical (unpaired) electrons. The first-order valence-electron chi connectivity index (χ1n) is 4.75. The highest BCUT2D eigenvalue weighted by Gasteiger charge is 2.28. The lowest BCUT2D eigenvalue weighted by molar-refractivity contribution is 0.135. The third-order valence-electron chi connectivity index (χ3n) is 2.64. The van der Waals surface area contributed by atoms with Crippen LogP contribution in [0, 0.1) is 0 Å². The number of pyridine rings is 1. The molecule has 2 heteroatoms. The second-order valence-electron chi connectivity index (χ2n) is 4.64. The van der Waals surface area contributed by atoms with Crippen LogP contribution in [0.3, 0.4) is 0 Å². The molecule has 0 fully saturated rings. The molecule has 0 aliphatic carbocycles. The zero-order valence-corrected chi connectivity index (χ0v) is 8.54. The normalized spacial score (nSPS) is 16.2. The molecular weight excluding hydrogens is 172 g/mol. The van der Waals surface area contributed by atoms with Crippen LogP contribution >= 0.6 is 0 Å². The van der Waals surface area contributed by atoms with E-state index in [0.717, 1.165) is 13.1 Å². The monoisotopic (exact) mass is 192 g/mol. The lowest BCUT2D eigenvalue weighted by Crippen LogP contribution is -2.36. The van der Waals surface area contributed by atoms with Crippen LogP contribution in [0.5, 0.6) is 0 Å². The quantitative estimate of drug-likeness (QED) is 0.628. The summed E-state index contributed by atoms with van der Waals surface area (Å²) in [6, 6.07) is 4.19. The Morgan fingerprint density at radius 2 is 2.00 bits per heavy atom. The Hall–Kier alpha value is -0.890. The largest absolute Gasteiger partial charge is 0.288 e.